The fourth-order valence-corrected chi connectivity index (χ4v) is 4.98. The van der Waals surface area contributed by atoms with Gasteiger partial charge in [0, 0.05) is 36.6 Å². The summed E-state index contributed by atoms with van der Waals surface area (Å²) >= 11 is 0. The number of amides is 2. The van der Waals surface area contributed by atoms with E-state index in [9.17, 15) is 14.0 Å². The predicted octanol–water partition coefficient (Wildman–Crippen LogP) is 5.81. The summed E-state index contributed by atoms with van der Waals surface area (Å²) in [6.07, 6.45) is 7.41. The standard InChI is InChI=1S/C30H36FN3O2/c1-3-32(30(36)25-15-11-23(2)12-16-25)22-29(35)34(27-8-5-4-6-9-27)21-28-10-7-19-33(28)20-24-13-17-26(31)18-14-24/h7,10-19,27H,3-6,8-9,20-22H2,1-2H3. The van der Waals surface area contributed by atoms with Crippen molar-refractivity contribution < 1.29 is 14.0 Å². The molecule has 5 nitrogen and oxygen atoms in total. The van der Waals surface area contributed by atoms with Crippen molar-refractivity contribution in [2.24, 2.45) is 0 Å². The normalized spacial score (nSPS) is 14.0. The molecule has 6 heteroatoms. The molecule has 0 radical (unpaired) electrons. The Hall–Kier alpha value is -3.41. The van der Waals surface area contributed by atoms with Crippen LogP contribution in [0.25, 0.3) is 0 Å². The second-order valence-corrected chi connectivity index (χ2v) is 9.75. The van der Waals surface area contributed by atoms with Crippen LogP contribution in [0.15, 0.2) is 66.9 Å². The lowest BCUT2D eigenvalue weighted by Crippen LogP contribution is -2.47. The molecule has 1 saturated carbocycles. The van der Waals surface area contributed by atoms with Gasteiger partial charge in [-0.1, -0.05) is 49.1 Å². The minimum atomic E-state index is -0.249. The molecule has 2 aromatic carbocycles. The zero-order valence-electron chi connectivity index (χ0n) is 21.3. The van der Waals surface area contributed by atoms with Crippen LogP contribution < -0.4 is 0 Å². The van der Waals surface area contributed by atoms with E-state index in [4.69, 9.17) is 0 Å². The molecule has 0 bridgehead atoms. The van der Waals surface area contributed by atoms with Gasteiger partial charge in [-0.05, 0) is 68.7 Å². The fourth-order valence-electron chi connectivity index (χ4n) is 4.98. The zero-order valence-corrected chi connectivity index (χ0v) is 21.3. The van der Waals surface area contributed by atoms with Gasteiger partial charge in [-0.25, -0.2) is 4.39 Å². The Morgan fingerprint density at radius 2 is 1.67 bits per heavy atom. The first-order chi connectivity index (χ1) is 17.4. The molecule has 1 fully saturated rings. The number of aromatic nitrogens is 1. The van der Waals surface area contributed by atoms with Crippen molar-refractivity contribution in [2.75, 3.05) is 13.1 Å². The summed E-state index contributed by atoms with van der Waals surface area (Å²) in [6.45, 7) is 5.55. The molecule has 1 heterocycles. The number of aryl methyl sites for hydroxylation is 1. The van der Waals surface area contributed by atoms with Gasteiger partial charge in [0.1, 0.15) is 12.4 Å². The molecule has 0 atom stereocenters. The van der Waals surface area contributed by atoms with E-state index in [0.29, 0.717) is 25.2 Å². The maximum Gasteiger partial charge on any atom is 0.254 e. The van der Waals surface area contributed by atoms with Crippen molar-refractivity contribution in [3.63, 3.8) is 0 Å². The second-order valence-electron chi connectivity index (χ2n) is 9.75. The van der Waals surface area contributed by atoms with E-state index in [1.807, 2.05) is 61.3 Å². The molecule has 2 amide bonds. The summed E-state index contributed by atoms with van der Waals surface area (Å²) in [5.41, 5.74) is 3.74. The lowest BCUT2D eigenvalue weighted by atomic mass is 9.94. The van der Waals surface area contributed by atoms with Crippen LogP contribution in [-0.4, -0.2) is 45.3 Å². The molecule has 4 rings (SSSR count). The molecule has 1 aliphatic carbocycles. The molecule has 190 valence electrons. The van der Waals surface area contributed by atoms with Crippen molar-refractivity contribution in [1.82, 2.24) is 14.4 Å². The number of nitrogens with zero attached hydrogens (tertiary/aromatic N) is 3. The molecule has 0 aliphatic heterocycles. The van der Waals surface area contributed by atoms with E-state index in [2.05, 4.69) is 4.57 Å². The first-order valence-corrected chi connectivity index (χ1v) is 13.0. The zero-order chi connectivity index (χ0) is 25.5. The van der Waals surface area contributed by atoms with E-state index in [0.717, 1.165) is 42.5 Å². The molecule has 3 aromatic rings. The molecule has 0 N–H and O–H groups in total. The lowest BCUT2D eigenvalue weighted by Gasteiger charge is -2.36. The largest absolute Gasteiger partial charge is 0.345 e. The average Bonchev–Trinajstić information content (AvgIpc) is 3.34. The van der Waals surface area contributed by atoms with Crippen molar-refractivity contribution >= 4 is 11.8 Å². The highest BCUT2D eigenvalue weighted by Crippen LogP contribution is 2.25. The van der Waals surface area contributed by atoms with Gasteiger partial charge in [0.2, 0.25) is 5.91 Å². The molecule has 0 spiro atoms. The highest BCUT2D eigenvalue weighted by molar-refractivity contribution is 5.96. The van der Waals surface area contributed by atoms with Gasteiger partial charge in [0.15, 0.2) is 0 Å². The Bertz CT molecular complexity index is 1150. The summed E-state index contributed by atoms with van der Waals surface area (Å²) in [4.78, 5) is 30.5. The summed E-state index contributed by atoms with van der Waals surface area (Å²) in [6, 6.07) is 18.2. The maximum absolute atomic E-state index is 13.7. The average molecular weight is 490 g/mol. The molecule has 0 saturated heterocycles. The SMILES string of the molecule is CCN(CC(=O)N(Cc1cccn1Cc1ccc(F)cc1)C1CCCCC1)C(=O)c1ccc(C)cc1. The first-order valence-electron chi connectivity index (χ1n) is 13.0. The number of likely N-dealkylation sites (N-methyl/N-ethyl adjacent to an activating group) is 1. The van der Waals surface area contributed by atoms with E-state index in [1.54, 1.807) is 17.0 Å². The van der Waals surface area contributed by atoms with Crippen molar-refractivity contribution in [3.05, 3.63) is 95.1 Å². The molecule has 1 aromatic heterocycles. The first kappa shape index (κ1) is 25.7. The van der Waals surface area contributed by atoms with Gasteiger partial charge in [-0.2, -0.15) is 0 Å². The van der Waals surface area contributed by atoms with Gasteiger partial charge in [-0.3, -0.25) is 9.59 Å². The number of carbonyl (C=O) groups excluding carboxylic acids is 2. The molecule has 1 aliphatic rings. The highest BCUT2D eigenvalue weighted by atomic mass is 19.1. The third kappa shape index (κ3) is 6.42. The van der Waals surface area contributed by atoms with Crippen LogP contribution >= 0.6 is 0 Å². The van der Waals surface area contributed by atoms with Crippen LogP contribution in [-0.2, 0) is 17.9 Å². The second kappa shape index (κ2) is 12.0. The molecular weight excluding hydrogens is 453 g/mol. The van der Waals surface area contributed by atoms with Gasteiger partial charge in [0.05, 0.1) is 6.54 Å². The van der Waals surface area contributed by atoms with Gasteiger partial charge >= 0.3 is 0 Å². The molecule has 36 heavy (non-hydrogen) atoms. The quantitative estimate of drug-likeness (QED) is 0.381. The fraction of sp³-hybridized carbons (Fsp3) is 0.400. The Morgan fingerprint density at radius 1 is 0.972 bits per heavy atom. The number of hydrogen-bond donors (Lipinski definition) is 0. The van der Waals surface area contributed by atoms with E-state index in [1.165, 1.54) is 18.6 Å². The molecular formula is C30H36FN3O2. The number of halogens is 1. The predicted molar refractivity (Wildman–Crippen MR) is 140 cm³/mol. The summed E-state index contributed by atoms with van der Waals surface area (Å²) in [7, 11) is 0. The van der Waals surface area contributed by atoms with Crippen LogP contribution in [0.2, 0.25) is 0 Å². The number of benzene rings is 2. The monoisotopic (exact) mass is 489 g/mol. The lowest BCUT2D eigenvalue weighted by molar-refractivity contribution is -0.135. The van der Waals surface area contributed by atoms with Crippen LogP contribution in [0.3, 0.4) is 0 Å². The van der Waals surface area contributed by atoms with Crippen molar-refractivity contribution in [1.29, 1.82) is 0 Å². The third-order valence-electron chi connectivity index (χ3n) is 7.15. The van der Waals surface area contributed by atoms with Crippen LogP contribution in [0.5, 0.6) is 0 Å². The van der Waals surface area contributed by atoms with Crippen LogP contribution in [0, 0.1) is 12.7 Å². The maximum atomic E-state index is 13.7. The topological polar surface area (TPSA) is 45.6 Å². The smallest absolute Gasteiger partial charge is 0.254 e. The van der Waals surface area contributed by atoms with Crippen molar-refractivity contribution in [3.8, 4) is 0 Å². The van der Waals surface area contributed by atoms with Crippen LogP contribution in [0.1, 0.15) is 66.2 Å². The number of rotatable bonds is 9. The minimum absolute atomic E-state index is 0.0151. The highest BCUT2D eigenvalue weighted by Gasteiger charge is 2.28. The Morgan fingerprint density at radius 3 is 2.33 bits per heavy atom. The third-order valence-corrected chi connectivity index (χ3v) is 7.15. The van der Waals surface area contributed by atoms with E-state index in [-0.39, 0.29) is 30.2 Å². The van der Waals surface area contributed by atoms with Gasteiger partial charge in [0.25, 0.3) is 5.91 Å². The Balaban J connectivity index is 1.51. The summed E-state index contributed by atoms with van der Waals surface area (Å²) in [5, 5.41) is 0. The van der Waals surface area contributed by atoms with Gasteiger partial charge < -0.3 is 14.4 Å². The summed E-state index contributed by atoms with van der Waals surface area (Å²) < 4.78 is 15.5. The van der Waals surface area contributed by atoms with Crippen molar-refractivity contribution in [2.45, 2.75) is 65.1 Å². The number of carbonyl (C=O) groups is 2. The minimum Gasteiger partial charge on any atom is -0.345 e. The van der Waals surface area contributed by atoms with E-state index >= 15 is 0 Å². The summed E-state index contributed by atoms with van der Waals surface area (Å²) in [5.74, 6) is -0.380. The van der Waals surface area contributed by atoms with Crippen LogP contribution in [0.4, 0.5) is 4.39 Å². The van der Waals surface area contributed by atoms with Gasteiger partial charge in [-0.15, -0.1) is 0 Å². The Kier molecular flexibility index (Phi) is 8.57. The number of hydrogen-bond acceptors (Lipinski definition) is 2. The Labute approximate surface area is 213 Å². The van der Waals surface area contributed by atoms with E-state index < -0.39 is 0 Å². The molecule has 0 unspecified atom stereocenters.